The second kappa shape index (κ2) is 10.7. The van der Waals surface area contributed by atoms with Gasteiger partial charge in [-0.05, 0) is 56.1 Å². The zero-order valence-corrected chi connectivity index (χ0v) is 17.1. The first-order chi connectivity index (χ1) is 14.5. The highest BCUT2D eigenvalue weighted by Crippen LogP contribution is 2.28. The van der Waals surface area contributed by atoms with Crippen molar-refractivity contribution in [2.75, 3.05) is 19.6 Å². The lowest BCUT2D eigenvalue weighted by Crippen LogP contribution is -2.37. The number of carbonyl (C=O) groups excluding carboxylic acids is 1. The molecule has 30 heavy (non-hydrogen) atoms. The van der Waals surface area contributed by atoms with Crippen LogP contribution in [0.3, 0.4) is 0 Å². The van der Waals surface area contributed by atoms with Crippen LogP contribution >= 0.6 is 0 Å². The molecule has 1 aliphatic heterocycles. The van der Waals surface area contributed by atoms with Gasteiger partial charge >= 0.3 is 0 Å². The van der Waals surface area contributed by atoms with E-state index in [1.54, 1.807) is 24.3 Å². The highest BCUT2D eigenvalue weighted by atomic mass is 32.2. The molecule has 1 fully saturated rings. The molecule has 1 aliphatic rings. The second-order valence-corrected chi connectivity index (χ2v) is 7.70. The van der Waals surface area contributed by atoms with Crippen LogP contribution in [0.15, 0.2) is 42.5 Å². The third-order valence-corrected chi connectivity index (χ3v) is 5.50. The van der Waals surface area contributed by atoms with E-state index in [2.05, 4.69) is 9.23 Å². The van der Waals surface area contributed by atoms with Gasteiger partial charge in [-0.3, -0.25) is 4.79 Å². The monoisotopic (exact) mass is 436 g/mol. The number of hydrogen-bond donors (Lipinski definition) is 1. The maximum atomic E-state index is 13.0. The van der Waals surface area contributed by atoms with Gasteiger partial charge in [-0.1, -0.05) is 28.6 Å². The normalized spacial score (nSPS) is 16.4. The Balaban J connectivity index is 1.57. The quantitative estimate of drug-likeness (QED) is 0.279. The van der Waals surface area contributed by atoms with Gasteiger partial charge in [-0.2, -0.15) is 0 Å². The van der Waals surface area contributed by atoms with E-state index in [-0.39, 0.29) is 28.8 Å². The van der Waals surface area contributed by atoms with Crippen molar-refractivity contribution in [1.29, 1.82) is 0 Å². The van der Waals surface area contributed by atoms with Crippen LogP contribution in [0.2, 0.25) is 0 Å². The zero-order valence-electron chi connectivity index (χ0n) is 16.3. The zero-order chi connectivity index (χ0) is 21.5. The molecule has 1 unspecified atom stereocenters. The number of nitrogens with zero attached hydrogens (tertiary/aromatic N) is 1. The molecule has 162 valence electrons. The van der Waals surface area contributed by atoms with Crippen molar-refractivity contribution in [3.8, 4) is 5.75 Å². The van der Waals surface area contributed by atoms with Crippen molar-refractivity contribution in [3.63, 3.8) is 0 Å². The number of ketones is 1. The van der Waals surface area contributed by atoms with Gasteiger partial charge in [0.05, 0.1) is 6.61 Å². The van der Waals surface area contributed by atoms with Crippen molar-refractivity contribution in [3.05, 3.63) is 65.0 Å². The van der Waals surface area contributed by atoms with Gasteiger partial charge in [0.1, 0.15) is 17.2 Å². The number of aliphatic hydroxyl groups excluding tert-OH is 1. The topological polar surface area (TPSA) is 99.1 Å². The number of piperidine rings is 1. The number of halogens is 1. The van der Waals surface area contributed by atoms with Crippen LogP contribution in [0.1, 0.15) is 34.3 Å². The Bertz CT molecular complexity index is 884. The van der Waals surface area contributed by atoms with Gasteiger partial charge < -0.3 is 19.4 Å². The Morgan fingerprint density at radius 1 is 1.20 bits per heavy atom. The Morgan fingerprint density at radius 2 is 1.90 bits per heavy atom. The number of hydrogen-bond acceptors (Lipinski definition) is 7. The number of aliphatic hydroxyl groups is 1. The van der Waals surface area contributed by atoms with Gasteiger partial charge in [-0.15, -0.1) is 0 Å². The van der Waals surface area contributed by atoms with Crippen LogP contribution in [0, 0.1) is 11.7 Å². The molecule has 0 aromatic heterocycles. The van der Waals surface area contributed by atoms with E-state index in [0.717, 1.165) is 31.6 Å². The first-order valence-corrected chi connectivity index (χ1v) is 10.7. The van der Waals surface area contributed by atoms with Crippen molar-refractivity contribution in [2.45, 2.75) is 25.9 Å². The maximum Gasteiger partial charge on any atom is 0.173 e. The van der Waals surface area contributed by atoms with Crippen LogP contribution in [0.4, 0.5) is 4.39 Å². The van der Waals surface area contributed by atoms with Crippen molar-refractivity contribution in [1.82, 2.24) is 4.90 Å². The Labute approximate surface area is 176 Å². The summed E-state index contributed by atoms with van der Waals surface area (Å²) in [4.78, 5) is 20.0. The first-order valence-electron chi connectivity index (χ1n) is 9.66. The summed E-state index contributed by atoms with van der Waals surface area (Å²) in [6.45, 7) is 1.88. The lowest BCUT2D eigenvalue weighted by atomic mass is 9.87. The molecular weight excluding hydrogens is 413 g/mol. The Kier molecular flexibility index (Phi) is 8.06. The fourth-order valence-electron chi connectivity index (χ4n) is 3.68. The van der Waals surface area contributed by atoms with Crippen LogP contribution in [0.25, 0.3) is 0 Å². The van der Waals surface area contributed by atoms with E-state index in [0.29, 0.717) is 18.4 Å². The van der Waals surface area contributed by atoms with Crippen molar-refractivity contribution >= 4 is 17.1 Å². The average molecular weight is 436 g/mol. The molecule has 1 heterocycles. The summed E-state index contributed by atoms with van der Waals surface area (Å²) < 4.78 is 38.2. The largest absolute Gasteiger partial charge is 0.747 e. The average Bonchev–Trinajstić information content (AvgIpc) is 2.76. The molecule has 2 aromatic rings. The molecule has 0 bridgehead atoms. The summed E-state index contributed by atoms with van der Waals surface area (Å²) in [5.41, 5.74) is 1.58. The highest BCUT2D eigenvalue weighted by Gasteiger charge is 2.28. The van der Waals surface area contributed by atoms with Crippen molar-refractivity contribution < 1.29 is 32.3 Å². The van der Waals surface area contributed by atoms with Crippen LogP contribution in [0.5, 0.6) is 5.75 Å². The summed E-state index contributed by atoms with van der Waals surface area (Å²) in [7, 11) is 0. The van der Waals surface area contributed by atoms with Gasteiger partial charge in [-0.25, -0.2) is 8.60 Å². The summed E-state index contributed by atoms with van der Waals surface area (Å²) in [6.07, 6.45) is 2.17. The van der Waals surface area contributed by atoms with Gasteiger partial charge in [0.2, 0.25) is 0 Å². The van der Waals surface area contributed by atoms with Crippen LogP contribution in [-0.4, -0.2) is 44.2 Å². The van der Waals surface area contributed by atoms with Crippen LogP contribution < -0.4 is 4.89 Å². The molecular formula is C21H23FNO6S-. The molecule has 0 amide bonds. The number of likely N-dealkylation sites (tertiary alicyclic amines) is 1. The number of carbonyl (C=O) groups is 1. The molecule has 1 atom stereocenters. The SMILES string of the molecule is O=C(c1cccc(OOS(=O)[O-])c1CO)C1CCN(CCc2ccc(F)cc2)CC1. The summed E-state index contributed by atoms with van der Waals surface area (Å²) in [5, 5.41) is 9.68. The van der Waals surface area contributed by atoms with E-state index >= 15 is 0 Å². The lowest BCUT2D eigenvalue weighted by Gasteiger charge is -2.31. The second-order valence-electron chi connectivity index (χ2n) is 7.15. The van der Waals surface area contributed by atoms with E-state index < -0.39 is 18.0 Å². The predicted molar refractivity (Wildman–Crippen MR) is 107 cm³/mol. The minimum Gasteiger partial charge on any atom is -0.747 e. The summed E-state index contributed by atoms with van der Waals surface area (Å²) in [5.74, 6) is -0.556. The molecule has 3 rings (SSSR count). The van der Waals surface area contributed by atoms with E-state index in [4.69, 9.17) is 4.89 Å². The molecule has 0 radical (unpaired) electrons. The Hall–Kier alpha value is -2.17. The predicted octanol–water partition coefficient (Wildman–Crippen LogP) is 2.56. The third-order valence-electron chi connectivity index (χ3n) is 5.32. The van der Waals surface area contributed by atoms with E-state index in [9.17, 15) is 23.1 Å². The van der Waals surface area contributed by atoms with Crippen LogP contribution in [-0.2, 0) is 28.7 Å². The van der Waals surface area contributed by atoms with Gasteiger partial charge in [0.15, 0.2) is 11.5 Å². The summed E-state index contributed by atoms with van der Waals surface area (Å²) >= 11 is -2.88. The number of benzene rings is 2. The minimum atomic E-state index is -2.88. The minimum absolute atomic E-state index is 0.00992. The molecule has 1 N–H and O–H groups in total. The smallest absolute Gasteiger partial charge is 0.173 e. The maximum absolute atomic E-state index is 13.0. The van der Waals surface area contributed by atoms with Gasteiger partial charge in [0, 0.05) is 23.6 Å². The molecule has 2 aromatic carbocycles. The third kappa shape index (κ3) is 5.93. The molecule has 9 heteroatoms. The number of Topliss-reactive ketones (excluding diaryl/α,β-unsaturated/α-hetero) is 1. The fraction of sp³-hybridized carbons (Fsp3) is 0.381. The highest BCUT2D eigenvalue weighted by molar-refractivity contribution is 7.73. The summed E-state index contributed by atoms with van der Waals surface area (Å²) in [6, 6.07) is 11.0. The van der Waals surface area contributed by atoms with E-state index in [1.165, 1.54) is 18.2 Å². The molecule has 0 saturated carbocycles. The molecule has 0 aliphatic carbocycles. The van der Waals surface area contributed by atoms with E-state index in [1.807, 2.05) is 0 Å². The van der Waals surface area contributed by atoms with Crippen molar-refractivity contribution in [2.24, 2.45) is 5.92 Å². The Morgan fingerprint density at radius 3 is 2.53 bits per heavy atom. The molecule has 7 nitrogen and oxygen atoms in total. The standard InChI is InChI=1S/C21H24FNO6S/c22-17-6-4-15(5-7-17)8-11-23-12-9-16(10-13-23)21(25)18-2-1-3-20(19(18)14-24)28-29-30(26)27/h1-7,16,24H,8-14H2,(H,26,27)/p-1. The fourth-order valence-corrected chi connectivity index (χ4v) is 3.81. The molecule has 0 spiro atoms. The van der Waals surface area contributed by atoms with Gasteiger partial charge in [0.25, 0.3) is 0 Å². The number of rotatable bonds is 9. The first kappa shape index (κ1) is 22.5. The lowest BCUT2D eigenvalue weighted by molar-refractivity contribution is -0.0961. The molecule has 1 saturated heterocycles.